The Hall–Kier alpha value is -0.610. The van der Waals surface area contributed by atoms with Gasteiger partial charge in [0.05, 0.1) is 12.2 Å². The van der Waals surface area contributed by atoms with Crippen molar-refractivity contribution in [3.05, 3.63) is 0 Å². The van der Waals surface area contributed by atoms with Gasteiger partial charge in [0.15, 0.2) is 0 Å². The van der Waals surface area contributed by atoms with Gasteiger partial charge in [0.2, 0.25) is 5.91 Å². The lowest BCUT2D eigenvalue weighted by atomic mass is 9.95. The molecule has 1 amide bonds. The van der Waals surface area contributed by atoms with Gasteiger partial charge in [-0.05, 0) is 64.6 Å². The van der Waals surface area contributed by atoms with Crippen LogP contribution in [0.25, 0.3) is 0 Å². The summed E-state index contributed by atoms with van der Waals surface area (Å²) in [5.74, 6) is 1.72. The van der Waals surface area contributed by atoms with Gasteiger partial charge >= 0.3 is 0 Å². The van der Waals surface area contributed by atoms with Gasteiger partial charge in [-0.15, -0.1) is 0 Å². The molecule has 1 aliphatic carbocycles. The second kappa shape index (κ2) is 6.02. The number of carbonyl (C=O) groups is 1. The molecule has 3 fully saturated rings. The predicted molar refractivity (Wildman–Crippen MR) is 80.3 cm³/mol. The predicted octanol–water partition coefficient (Wildman–Crippen LogP) is 1.66. The third-order valence-corrected chi connectivity index (χ3v) is 5.55. The summed E-state index contributed by atoms with van der Waals surface area (Å²) in [6.07, 6.45) is 8.07. The maximum atomic E-state index is 12.5. The monoisotopic (exact) mass is 279 g/mol. The quantitative estimate of drug-likeness (QED) is 0.853. The first-order valence-corrected chi connectivity index (χ1v) is 8.40. The molecule has 2 heterocycles. The van der Waals surface area contributed by atoms with Crippen molar-refractivity contribution < 1.29 is 4.79 Å². The van der Waals surface area contributed by atoms with E-state index in [-0.39, 0.29) is 6.04 Å². The molecule has 2 unspecified atom stereocenters. The van der Waals surface area contributed by atoms with E-state index in [0.717, 1.165) is 6.54 Å². The van der Waals surface area contributed by atoms with Crippen LogP contribution in [0.3, 0.4) is 0 Å². The van der Waals surface area contributed by atoms with Crippen molar-refractivity contribution in [2.75, 3.05) is 26.7 Å². The summed E-state index contributed by atoms with van der Waals surface area (Å²) in [7, 11) is 2.20. The molecule has 4 heteroatoms. The van der Waals surface area contributed by atoms with Crippen LogP contribution in [0.5, 0.6) is 0 Å². The molecule has 3 rings (SSSR count). The molecule has 3 aliphatic rings. The molecule has 1 saturated carbocycles. The number of piperidine rings is 1. The van der Waals surface area contributed by atoms with Crippen LogP contribution in [0.15, 0.2) is 0 Å². The summed E-state index contributed by atoms with van der Waals surface area (Å²) in [6.45, 7) is 5.37. The van der Waals surface area contributed by atoms with Crippen molar-refractivity contribution in [2.24, 2.45) is 11.8 Å². The Morgan fingerprint density at radius 3 is 2.45 bits per heavy atom. The van der Waals surface area contributed by atoms with Gasteiger partial charge in [-0.25, -0.2) is 0 Å². The lowest BCUT2D eigenvalue weighted by molar-refractivity contribution is -0.131. The number of hydrogen-bond acceptors (Lipinski definition) is 3. The number of likely N-dealkylation sites (tertiary alicyclic amines) is 1. The van der Waals surface area contributed by atoms with Crippen LogP contribution in [0.2, 0.25) is 0 Å². The Kier molecular flexibility index (Phi) is 4.32. The summed E-state index contributed by atoms with van der Waals surface area (Å²) >= 11 is 0. The number of rotatable bonds is 3. The van der Waals surface area contributed by atoms with Gasteiger partial charge in [-0.2, -0.15) is 0 Å². The topological polar surface area (TPSA) is 35.6 Å². The van der Waals surface area contributed by atoms with Gasteiger partial charge in [0, 0.05) is 6.54 Å². The molecule has 2 atom stereocenters. The first kappa shape index (κ1) is 14.3. The van der Waals surface area contributed by atoms with Crippen molar-refractivity contribution in [1.29, 1.82) is 0 Å². The number of carbonyl (C=O) groups excluding carboxylic acids is 1. The molecule has 1 N–H and O–H groups in total. The van der Waals surface area contributed by atoms with E-state index in [1.807, 2.05) is 6.92 Å². The second-order valence-electron chi connectivity index (χ2n) is 7.11. The zero-order chi connectivity index (χ0) is 14.1. The van der Waals surface area contributed by atoms with E-state index in [4.69, 9.17) is 0 Å². The highest BCUT2D eigenvalue weighted by Crippen LogP contribution is 2.33. The molecular weight excluding hydrogens is 250 g/mol. The molecule has 2 aliphatic heterocycles. The van der Waals surface area contributed by atoms with Crippen LogP contribution < -0.4 is 5.32 Å². The molecule has 0 aromatic heterocycles. The van der Waals surface area contributed by atoms with Crippen LogP contribution in [-0.4, -0.2) is 54.6 Å². The Balaban J connectivity index is 1.63. The molecule has 2 saturated heterocycles. The lowest BCUT2D eigenvalue weighted by Crippen LogP contribution is -2.46. The Labute approximate surface area is 122 Å². The Bertz CT molecular complexity index is 346. The summed E-state index contributed by atoms with van der Waals surface area (Å²) in [5.41, 5.74) is 0. The molecule has 0 bridgehead atoms. The number of nitrogens with zero attached hydrogens (tertiary/aromatic N) is 2. The van der Waals surface area contributed by atoms with Gasteiger partial charge in [0.25, 0.3) is 0 Å². The zero-order valence-corrected chi connectivity index (χ0v) is 13.0. The average molecular weight is 279 g/mol. The summed E-state index contributed by atoms with van der Waals surface area (Å²) in [5, 5.41) is 3.56. The highest BCUT2D eigenvalue weighted by molar-refractivity contribution is 5.84. The van der Waals surface area contributed by atoms with Gasteiger partial charge < -0.3 is 9.80 Å². The molecule has 4 nitrogen and oxygen atoms in total. The molecular formula is C16H29N3O. The third kappa shape index (κ3) is 2.86. The molecule has 20 heavy (non-hydrogen) atoms. The van der Waals surface area contributed by atoms with Crippen LogP contribution >= 0.6 is 0 Å². The fourth-order valence-corrected chi connectivity index (χ4v) is 4.19. The van der Waals surface area contributed by atoms with E-state index >= 15 is 0 Å². The minimum atomic E-state index is 0.0202. The number of nitrogens with one attached hydrogen (secondary N) is 1. The van der Waals surface area contributed by atoms with Crippen LogP contribution in [-0.2, 0) is 4.79 Å². The van der Waals surface area contributed by atoms with Crippen LogP contribution in [0.4, 0.5) is 0 Å². The Morgan fingerprint density at radius 1 is 1.15 bits per heavy atom. The SMILES string of the molecule is CC1NC(C2CCCC2)N(CC2CCN(C)CC2)C1=O. The average Bonchev–Trinajstić information content (AvgIpc) is 3.05. The number of amides is 1. The largest absolute Gasteiger partial charge is 0.325 e. The van der Waals surface area contributed by atoms with Gasteiger partial charge in [-0.3, -0.25) is 10.1 Å². The molecule has 0 aromatic carbocycles. The molecule has 114 valence electrons. The second-order valence-corrected chi connectivity index (χ2v) is 7.11. The van der Waals surface area contributed by atoms with E-state index < -0.39 is 0 Å². The van der Waals surface area contributed by atoms with Gasteiger partial charge in [0.1, 0.15) is 0 Å². The molecule has 0 aromatic rings. The maximum absolute atomic E-state index is 12.5. The van der Waals surface area contributed by atoms with Crippen LogP contribution in [0.1, 0.15) is 45.4 Å². The van der Waals surface area contributed by atoms with E-state index in [0.29, 0.717) is 23.9 Å². The van der Waals surface area contributed by atoms with Crippen molar-refractivity contribution in [3.63, 3.8) is 0 Å². The minimum Gasteiger partial charge on any atom is -0.325 e. The van der Waals surface area contributed by atoms with E-state index in [2.05, 4.69) is 22.2 Å². The number of hydrogen-bond donors (Lipinski definition) is 1. The van der Waals surface area contributed by atoms with E-state index in [1.54, 1.807) is 0 Å². The fourth-order valence-electron chi connectivity index (χ4n) is 4.19. The normalized spacial score (nSPS) is 34.3. The van der Waals surface area contributed by atoms with E-state index in [9.17, 15) is 4.79 Å². The highest BCUT2D eigenvalue weighted by atomic mass is 16.2. The zero-order valence-electron chi connectivity index (χ0n) is 13.0. The van der Waals surface area contributed by atoms with Crippen molar-refractivity contribution in [3.8, 4) is 0 Å². The first-order chi connectivity index (χ1) is 9.65. The fraction of sp³-hybridized carbons (Fsp3) is 0.938. The highest BCUT2D eigenvalue weighted by Gasteiger charge is 2.42. The Morgan fingerprint density at radius 2 is 1.80 bits per heavy atom. The lowest BCUT2D eigenvalue weighted by Gasteiger charge is -2.35. The smallest absolute Gasteiger partial charge is 0.240 e. The van der Waals surface area contributed by atoms with E-state index in [1.165, 1.54) is 51.6 Å². The summed E-state index contributed by atoms with van der Waals surface area (Å²) in [6, 6.07) is 0.0202. The van der Waals surface area contributed by atoms with Crippen molar-refractivity contribution >= 4 is 5.91 Å². The standard InChI is InChI=1S/C16H29N3O/c1-12-16(20)19(11-13-7-9-18(2)10-8-13)15(17-12)14-5-3-4-6-14/h12-15,17H,3-11H2,1-2H3. The maximum Gasteiger partial charge on any atom is 0.240 e. The molecule has 0 spiro atoms. The van der Waals surface area contributed by atoms with Crippen LogP contribution in [0, 0.1) is 11.8 Å². The third-order valence-electron chi connectivity index (χ3n) is 5.55. The minimum absolute atomic E-state index is 0.0202. The summed E-state index contributed by atoms with van der Waals surface area (Å²) in [4.78, 5) is 17.1. The first-order valence-electron chi connectivity index (χ1n) is 8.40. The van der Waals surface area contributed by atoms with Gasteiger partial charge in [-0.1, -0.05) is 12.8 Å². The summed E-state index contributed by atoms with van der Waals surface area (Å²) < 4.78 is 0. The molecule has 0 radical (unpaired) electrons. The van der Waals surface area contributed by atoms with Crippen molar-refractivity contribution in [2.45, 2.75) is 57.7 Å². The van der Waals surface area contributed by atoms with Crippen molar-refractivity contribution in [1.82, 2.24) is 15.1 Å².